The van der Waals surface area contributed by atoms with Gasteiger partial charge in [0.2, 0.25) is 0 Å². The molecule has 0 atom stereocenters. The first kappa shape index (κ1) is 17.8. The van der Waals surface area contributed by atoms with Crippen molar-refractivity contribution in [2.45, 2.75) is 32.5 Å². The molecule has 0 radical (unpaired) electrons. The maximum absolute atomic E-state index is 13.2. The maximum Gasteiger partial charge on any atom is 0.418 e. The molecule has 0 spiro atoms. The Kier molecular flexibility index (Phi) is 6.48. The fraction of sp³-hybridized carbons (Fsp3) is 0.600. The van der Waals surface area contributed by atoms with Gasteiger partial charge in [-0.25, -0.2) is 0 Å². The van der Waals surface area contributed by atoms with E-state index >= 15 is 0 Å². The molecule has 0 saturated heterocycles. The number of hydrogen-bond donors (Lipinski definition) is 1. The van der Waals surface area contributed by atoms with Crippen LogP contribution in [0.3, 0.4) is 0 Å². The molecular weight excluding hydrogens is 281 g/mol. The SMILES string of the molecule is CC(C)OCCN(C)c1ccc(CCN)cc1C(F)(F)F. The molecule has 1 rings (SSSR count). The van der Waals surface area contributed by atoms with Crippen molar-refractivity contribution in [1.82, 2.24) is 0 Å². The zero-order chi connectivity index (χ0) is 16.0. The van der Waals surface area contributed by atoms with Crippen molar-refractivity contribution in [3.8, 4) is 0 Å². The molecule has 0 bridgehead atoms. The molecule has 0 aliphatic carbocycles. The van der Waals surface area contributed by atoms with Gasteiger partial charge in [0.05, 0.1) is 18.3 Å². The van der Waals surface area contributed by atoms with Crippen LogP contribution in [0.15, 0.2) is 18.2 Å². The van der Waals surface area contributed by atoms with Crippen molar-refractivity contribution in [3.05, 3.63) is 29.3 Å². The van der Waals surface area contributed by atoms with E-state index in [1.807, 2.05) is 13.8 Å². The van der Waals surface area contributed by atoms with Crippen LogP contribution < -0.4 is 10.6 Å². The quantitative estimate of drug-likeness (QED) is 0.841. The molecule has 0 amide bonds. The van der Waals surface area contributed by atoms with E-state index in [4.69, 9.17) is 10.5 Å². The van der Waals surface area contributed by atoms with E-state index in [0.29, 0.717) is 31.7 Å². The number of rotatable bonds is 7. The maximum atomic E-state index is 13.2. The second kappa shape index (κ2) is 7.66. The highest BCUT2D eigenvalue weighted by Gasteiger charge is 2.34. The summed E-state index contributed by atoms with van der Waals surface area (Å²) in [5.41, 5.74) is 5.54. The van der Waals surface area contributed by atoms with Gasteiger partial charge in [-0.3, -0.25) is 0 Å². The highest BCUT2D eigenvalue weighted by atomic mass is 19.4. The number of nitrogens with zero attached hydrogens (tertiary/aromatic N) is 1. The summed E-state index contributed by atoms with van der Waals surface area (Å²) in [6.07, 6.45) is -3.89. The summed E-state index contributed by atoms with van der Waals surface area (Å²) in [5, 5.41) is 0. The first-order valence-corrected chi connectivity index (χ1v) is 6.98. The van der Waals surface area contributed by atoms with Crippen LogP contribution in [-0.2, 0) is 17.3 Å². The van der Waals surface area contributed by atoms with Crippen LogP contribution in [-0.4, -0.2) is 32.8 Å². The van der Waals surface area contributed by atoms with E-state index in [-0.39, 0.29) is 11.8 Å². The highest BCUT2D eigenvalue weighted by molar-refractivity contribution is 5.56. The normalized spacial score (nSPS) is 12.0. The smallest absolute Gasteiger partial charge is 0.377 e. The molecular formula is C15H23F3N2O. The molecule has 0 aliphatic rings. The summed E-state index contributed by atoms with van der Waals surface area (Å²) < 4.78 is 45.0. The average Bonchev–Trinajstić information content (AvgIpc) is 2.37. The van der Waals surface area contributed by atoms with Gasteiger partial charge in [-0.1, -0.05) is 6.07 Å². The summed E-state index contributed by atoms with van der Waals surface area (Å²) in [4.78, 5) is 1.57. The topological polar surface area (TPSA) is 38.5 Å². The first-order valence-electron chi connectivity index (χ1n) is 6.98. The number of likely N-dealkylation sites (N-methyl/N-ethyl adjacent to an activating group) is 1. The lowest BCUT2D eigenvalue weighted by Crippen LogP contribution is -2.26. The predicted octanol–water partition coefficient (Wildman–Crippen LogP) is 3.07. The minimum atomic E-state index is -4.38. The third kappa shape index (κ3) is 5.55. The van der Waals surface area contributed by atoms with E-state index in [1.165, 1.54) is 12.1 Å². The van der Waals surface area contributed by atoms with Crippen molar-refractivity contribution in [1.29, 1.82) is 0 Å². The van der Waals surface area contributed by atoms with Crippen LogP contribution in [0.2, 0.25) is 0 Å². The lowest BCUT2D eigenvalue weighted by molar-refractivity contribution is -0.137. The van der Waals surface area contributed by atoms with Crippen LogP contribution in [0, 0.1) is 0 Å². The molecule has 21 heavy (non-hydrogen) atoms. The van der Waals surface area contributed by atoms with Gasteiger partial charge in [-0.15, -0.1) is 0 Å². The Morgan fingerprint density at radius 1 is 1.29 bits per heavy atom. The molecule has 120 valence electrons. The lowest BCUT2D eigenvalue weighted by atomic mass is 10.0. The number of nitrogens with two attached hydrogens (primary N) is 1. The van der Waals surface area contributed by atoms with E-state index < -0.39 is 11.7 Å². The highest BCUT2D eigenvalue weighted by Crippen LogP contribution is 2.37. The van der Waals surface area contributed by atoms with E-state index in [0.717, 1.165) is 0 Å². The van der Waals surface area contributed by atoms with Crippen molar-refractivity contribution in [2.24, 2.45) is 5.73 Å². The van der Waals surface area contributed by atoms with Gasteiger partial charge < -0.3 is 15.4 Å². The second-order valence-corrected chi connectivity index (χ2v) is 5.23. The van der Waals surface area contributed by atoms with Gasteiger partial charge in [-0.2, -0.15) is 13.2 Å². The van der Waals surface area contributed by atoms with Gasteiger partial charge >= 0.3 is 6.18 Å². The van der Waals surface area contributed by atoms with Crippen LogP contribution in [0.4, 0.5) is 18.9 Å². The Hall–Kier alpha value is -1.27. The molecule has 0 saturated carbocycles. The Bertz CT molecular complexity index is 447. The minimum Gasteiger partial charge on any atom is -0.377 e. The molecule has 0 heterocycles. The van der Waals surface area contributed by atoms with Gasteiger partial charge in [0.1, 0.15) is 0 Å². The Balaban J connectivity index is 2.94. The standard InChI is InChI=1S/C15H23F3N2O/c1-11(2)21-9-8-20(3)14-5-4-12(6-7-19)10-13(14)15(16,17)18/h4-5,10-11H,6-9,19H2,1-3H3. The average molecular weight is 304 g/mol. The monoisotopic (exact) mass is 304 g/mol. The first-order chi connectivity index (χ1) is 9.75. The third-order valence-corrected chi connectivity index (χ3v) is 3.09. The van der Waals surface area contributed by atoms with E-state index in [9.17, 15) is 13.2 Å². The summed E-state index contributed by atoms with van der Waals surface area (Å²) in [6, 6.07) is 4.38. The number of ether oxygens (including phenoxy) is 1. The van der Waals surface area contributed by atoms with Crippen LogP contribution in [0.5, 0.6) is 0 Å². The van der Waals surface area contributed by atoms with Crippen molar-refractivity contribution in [2.75, 3.05) is 31.6 Å². The van der Waals surface area contributed by atoms with E-state index in [1.54, 1.807) is 18.0 Å². The zero-order valence-corrected chi connectivity index (χ0v) is 12.7. The van der Waals surface area contributed by atoms with Gasteiger partial charge in [0, 0.05) is 19.3 Å². The summed E-state index contributed by atoms with van der Waals surface area (Å²) in [5.74, 6) is 0. The number of anilines is 1. The van der Waals surface area contributed by atoms with Gasteiger partial charge in [0.15, 0.2) is 0 Å². The molecule has 1 aromatic carbocycles. The summed E-state index contributed by atoms with van der Waals surface area (Å²) >= 11 is 0. The molecule has 0 aromatic heterocycles. The van der Waals surface area contributed by atoms with Crippen LogP contribution in [0.25, 0.3) is 0 Å². The predicted molar refractivity (Wildman–Crippen MR) is 78.6 cm³/mol. The molecule has 1 aromatic rings. The van der Waals surface area contributed by atoms with Crippen molar-refractivity contribution in [3.63, 3.8) is 0 Å². The van der Waals surface area contributed by atoms with Crippen molar-refractivity contribution < 1.29 is 17.9 Å². The number of alkyl halides is 3. The lowest BCUT2D eigenvalue weighted by Gasteiger charge is -2.24. The molecule has 2 N–H and O–H groups in total. The molecule has 0 fully saturated rings. The number of hydrogen-bond acceptors (Lipinski definition) is 3. The molecule has 0 aliphatic heterocycles. The Labute approximate surface area is 123 Å². The fourth-order valence-corrected chi connectivity index (χ4v) is 2.01. The molecule has 0 unspecified atom stereocenters. The molecule has 6 heteroatoms. The largest absolute Gasteiger partial charge is 0.418 e. The Morgan fingerprint density at radius 2 is 1.95 bits per heavy atom. The van der Waals surface area contributed by atoms with E-state index in [2.05, 4.69) is 0 Å². The summed E-state index contributed by atoms with van der Waals surface area (Å²) in [7, 11) is 1.64. The fourth-order valence-electron chi connectivity index (χ4n) is 2.01. The molecule has 3 nitrogen and oxygen atoms in total. The Morgan fingerprint density at radius 3 is 2.48 bits per heavy atom. The van der Waals surface area contributed by atoms with Crippen molar-refractivity contribution >= 4 is 5.69 Å². The minimum absolute atomic E-state index is 0.0624. The number of halogens is 3. The van der Waals surface area contributed by atoms with Crippen LogP contribution in [0.1, 0.15) is 25.0 Å². The van der Waals surface area contributed by atoms with Gasteiger partial charge in [-0.05, 0) is 44.5 Å². The number of benzene rings is 1. The zero-order valence-electron chi connectivity index (χ0n) is 12.7. The van der Waals surface area contributed by atoms with Crippen LogP contribution >= 0.6 is 0 Å². The third-order valence-electron chi connectivity index (χ3n) is 3.09. The van der Waals surface area contributed by atoms with Gasteiger partial charge in [0.25, 0.3) is 0 Å². The summed E-state index contributed by atoms with van der Waals surface area (Å²) in [6.45, 7) is 4.90. The second-order valence-electron chi connectivity index (χ2n) is 5.23.